The van der Waals surface area contributed by atoms with Gasteiger partial charge in [-0.15, -0.1) is 0 Å². The summed E-state index contributed by atoms with van der Waals surface area (Å²) in [4.78, 5) is 41.8. The van der Waals surface area contributed by atoms with Gasteiger partial charge in [-0.3, -0.25) is 14.1 Å². The van der Waals surface area contributed by atoms with Crippen LogP contribution < -0.4 is 0 Å². The van der Waals surface area contributed by atoms with E-state index in [0.717, 1.165) is 77.0 Å². The van der Waals surface area contributed by atoms with Crippen LogP contribution in [-0.2, 0) is 28.2 Å². The second-order valence-corrected chi connectivity index (χ2v) is 10.9. The number of phosphoric acid groups is 1. The zero-order valence-electron chi connectivity index (χ0n) is 24.7. The number of phosphoric ester groups is 1. The molecule has 0 aliphatic carbocycles. The summed E-state index contributed by atoms with van der Waals surface area (Å²) in [5.41, 5.74) is 0. The molecule has 0 rings (SSSR count). The van der Waals surface area contributed by atoms with E-state index in [-0.39, 0.29) is 19.4 Å². The Morgan fingerprint density at radius 1 is 0.675 bits per heavy atom. The number of rotatable bonds is 26. The molecule has 0 bridgehead atoms. The monoisotopic (exact) mass is 584 g/mol. The lowest BCUT2D eigenvalue weighted by Gasteiger charge is -2.18. The second kappa shape index (κ2) is 27.2. The van der Waals surface area contributed by atoms with Crippen LogP contribution in [0.25, 0.3) is 0 Å². The van der Waals surface area contributed by atoms with Gasteiger partial charge in [-0.2, -0.15) is 0 Å². The number of ether oxygens (including phenoxy) is 2. The first-order chi connectivity index (χ1) is 19.3. The highest BCUT2D eigenvalue weighted by Crippen LogP contribution is 2.35. The summed E-state index contributed by atoms with van der Waals surface area (Å²) in [6, 6.07) is 0. The number of hydrogen-bond acceptors (Lipinski definition) is 6. The third-order valence-corrected chi connectivity index (χ3v) is 6.35. The summed E-state index contributed by atoms with van der Waals surface area (Å²) in [6.07, 6.45) is 30.7. The molecule has 0 fully saturated rings. The van der Waals surface area contributed by atoms with Crippen molar-refractivity contribution in [3.63, 3.8) is 0 Å². The molecule has 0 saturated heterocycles. The average molecular weight is 585 g/mol. The molecule has 0 saturated carbocycles. The number of allylic oxidation sites excluding steroid dienone is 8. The molecular weight excluding hydrogens is 531 g/mol. The van der Waals surface area contributed by atoms with E-state index in [4.69, 9.17) is 19.3 Å². The first-order valence-electron chi connectivity index (χ1n) is 14.9. The van der Waals surface area contributed by atoms with E-state index >= 15 is 0 Å². The van der Waals surface area contributed by atoms with Crippen molar-refractivity contribution in [2.45, 2.75) is 123 Å². The summed E-state index contributed by atoms with van der Waals surface area (Å²) in [6.45, 7) is 3.32. The molecule has 0 aliphatic rings. The Balaban J connectivity index is 3.93. The van der Waals surface area contributed by atoms with Crippen molar-refractivity contribution in [2.24, 2.45) is 0 Å². The lowest BCUT2D eigenvalue weighted by atomic mass is 10.1. The van der Waals surface area contributed by atoms with Crippen LogP contribution in [0.15, 0.2) is 48.6 Å². The maximum absolute atomic E-state index is 12.2. The van der Waals surface area contributed by atoms with Gasteiger partial charge < -0.3 is 19.3 Å². The molecule has 0 aliphatic heterocycles. The molecule has 0 radical (unpaired) electrons. The zero-order chi connectivity index (χ0) is 29.7. The molecule has 8 nitrogen and oxygen atoms in total. The Bertz CT molecular complexity index is 797. The minimum absolute atomic E-state index is 0.193. The molecule has 0 spiro atoms. The van der Waals surface area contributed by atoms with Crippen molar-refractivity contribution < 1.29 is 37.9 Å². The fraction of sp³-hybridized carbons (Fsp3) is 0.677. The quantitative estimate of drug-likeness (QED) is 0.0453. The highest BCUT2D eigenvalue weighted by molar-refractivity contribution is 7.46. The SMILES string of the molecule is CC/C=C\C/C=C\C/C=C\C/C=C\CCCCCCCCC(=O)OC(COC(=O)CCCCC)COP(=O)(O)O. The Labute approximate surface area is 242 Å². The van der Waals surface area contributed by atoms with Crippen molar-refractivity contribution >= 4 is 19.8 Å². The van der Waals surface area contributed by atoms with Gasteiger partial charge in [0.2, 0.25) is 0 Å². The molecule has 1 unspecified atom stereocenters. The van der Waals surface area contributed by atoms with Crippen LogP contribution in [0.1, 0.15) is 117 Å². The Morgan fingerprint density at radius 3 is 1.80 bits per heavy atom. The summed E-state index contributed by atoms with van der Waals surface area (Å²) in [7, 11) is -4.73. The molecule has 0 aromatic carbocycles. The van der Waals surface area contributed by atoms with E-state index in [1.165, 1.54) is 0 Å². The van der Waals surface area contributed by atoms with Gasteiger partial charge in [0.1, 0.15) is 6.61 Å². The number of unbranched alkanes of at least 4 members (excludes halogenated alkanes) is 8. The van der Waals surface area contributed by atoms with E-state index in [9.17, 15) is 14.2 Å². The zero-order valence-corrected chi connectivity index (χ0v) is 25.6. The van der Waals surface area contributed by atoms with Crippen LogP contribution in [0.3, 0.4) is 0 Å². The van der Waals surface area contributed by atoms with Gasteiger partial charge in [0.15, 0.2) is 6.10 Å². The highest BCUT2D eigenvalue weighted by Gasteiger charge is 2.22. The van der Waals surface area contributed by atoms with Gasteiger partial charge in [0.25, 0.3) is 0 Å². The summed E-state index contributed by atoms with van der Waals surface area (Å²) in [5, 5.41) is 0. The smallest absolute Gasteiger partial charge is 0.462 e. The molecule has 0 aromatic heterocycles. The molecule has 230 valence electrons. The third kappa shape index (κ3) is 29.0. The van der Waals surface area contributed by atoms with Crippen LogP contribution in [-0.4, -0.2) is 41.0 Å². The molecule has 9 heteroatoms. The number of esters is 2. The fourth-order valence-corrected chi connectivity index (χ4v) is 4.02. The molecule has 0 amide bonds. The maximum Gasteiger partial charge on any atom is 0.469 e. The molecule has 2 N–H and O–H groups in total. The Morgan fingerprint density at radius 2 is 1.20 bits per heavy atom. The fourth-order valence-electron chi connectivity index (χ4n) is 3.65. The largest absolute Gasteiger partial charge is 0.469 e. The lowest BCUT2D eigenvalue weighted by Crippen LogP contribution is -2.29. The molecule has 1 atom stereocenters. The van der Waals surface area contributed by atoms with Crippen molar-refractivity contribution in [1.82, 2.24) is 0 Å². The van der Waals surface area contributed by atoms with Crippen LogP contribution in [0.2, 0.25) is 0 Å². The topological polar surface area (TPSA) is 119 Å². The molecular formula is C31H53O8P. The first kappa shape index (κ1) is 38.0. The van der Waals surface area contributed by atoms with E-state index in [1.807, 2.05) is 6.92 Å². The van der Waals surface area contributed by atoms with E-state index in [0.29, 0.717) is 12.8 Å². The first-order valence-corrected chi connectivity index (χ1v) is 16.5. The predicted octanol–water partition coefficient (Wildman–Crippen LogP) is 8.06. The number of hydrogen-bond donors (Lipinski definition) is 2. The van der Waals surface area contributed by atoms with Gasteiger partial charge in [-0.25, -0.2) is 4.57 Å². The van der Waals surface area contributed by atoms with Crippen LogP contribution >= 0.6 is 7.82 Å². The van der Waals surface area contributed by atoms with Crippen LogP contribution in [0, 0.1) is 0 Å². The summed E-state index contributed by atoms with van der Waals surface area (Å²) in [5.74, 6) is -0.937. The predicted molar refractivity (Wildman–Crippen MR) is 161 cm³/mol. The van der Waals surface area contributed by atoms with Gasteiger partial charge >= 0.3 is 19.8 Å². The minimum atomic E-state index is -4.73. The van der Waals surface area contributed by atoms with Gasteiger partial charge in [0.05, 0.1) is 6.61 Å². The van der Waals surface area contributed by atoms with E-state index < -0.39 is 32.5 Å². The van der Waals surface area contributed by atoms with Gasteiger partial charge in [-0.05, 0) is 51.4 Å². The van der Waals surface area contributed by atoms with Crippen molar-refractivity contribution in [1.29, 1.82) is 0 Å². The third-order valence-electron chi connectivity index (χ3n) is 5.86. The highest BCUT2D eigenvalue weighted by atomic mass is 31.2. The van der Waals surface area contributed by atoms with E-state index in [2.05, 4.69) is 60.1 Å². The van der Waals surface area contributed by atoms with Crippen LogP contribution in [0.5, 0.6) is 0 Å². The standard InChI is InChI=1S/C31H53O8P/c1-3-5-7-8-9-10-11-12-13-14-15-16-17-18-19-20-21-22-24-26-31(33)39-29(28-38-40(34,35)36)27-37-30(32)25-23-6-4-2/h5,7,9-10,12-13,15-16,29H,3-4,6,8,11,14,17-28H2,1-2H3,(H2,34,35,36)/b7-5-,10-9-,13-12-,16-15-. The van der Waals surface area contributed by atoms with Gasteiger partial charge in [-0.1, -0.05) is 101 Å². The maximum atomic E-state index is 12.2. The number of carbonyl (C=O) groups is 2. The second-order valence-electron chi connectivity index (χ2n) is 9.70. The van der Waals surface area contributed by atoms with Crippen molar-refractivity contribution in [3.05, 3.63) is 48.6 Å². The van der Waals surface area contributed by atoms with Gasteiger partial charge in [0, 0.05) is 12.8 Å². The van der Waals surface area contributed by atoms with Crippen molar-refractivity contribution in [2.75, 3.05) is 13.2 Å². The van der Waals surface area contributed by atoms with Crippen molar-refractivity contribution in [3.8, 4) is 0 Å². The Kier molecular flexibility index (Phi) is 25.8. The summed E-state index contributed by atoms with van der Waals surface area (Å²) < 4.78 is 25.8. The van der Waals surface area contributed by atoms with Crippen LogP contribution in [0.4, 0.5) is 0 Å². The lowest BCUT2D eigenvalue weighted by molar-refractivity contribution is -0.161. The number of carbonyl (C=O) groups excluding carboxylic acids is 2. The normalized spacial score (nSPS) is 13.2. The van der Waals surface area contributed by atoms with E-state index in [1.54, 1.807) is 0 Å². The average Bonchev–Trinajstić information content (AvgIpc) is 2.91. The molecule has 40 heavy (non-hydrogen) atoms. The minimum Gasteiger partial charge on any atom is -0.462 e. The summed E-state index contributed by atoms with van der Waals surface area (Å²) >= 11 is 0. The Hall–Kier alpha value is -1.99. The molecule has 0 heterocycles. The molecule has 0 aromatic rings.